The van der Waals surface area contributed by atoms with Gasteiger partial charge in [0.05, 0.1) is 6.10 Å². The number of carbonyl (C=O) groups excluding carboxylic acids is 1. The lowest BCUT2D eigenvalue weighted by atomic mass is 9.97. The topological polar surface area (TPSA) is 75.6 Å². The number of ether oxygens (including phenoxy) is 1. The fraction of sp³-hybridized carbons (Fsp3) is 0.500. The van der Waals surface area contributed by atoms with Gasteiger partial charge in [-0.05, 0) is 52.3 Å². The number of carboxylic acid groups (broad SMARTS) is 1. The molecule has 0 saturated heterocycles. The van der Waals surface area contributed by atoms with Crippen molar-refractivity contribution in [1.82, 2.24) is 5.32 Å². The summed E-state index contributed by atoms with van der Waals surface area (Å²) in [6.07, 6.45) is 0.377. The lowest BCUT2D eigenvalue weighted by molar-refractivity contribution is -0.137. The second-order valence-corrected chi connectivity index (χ2v) is 6.99. The van der Waals surface area contributed by atoms with Crippen molar-refractivity contribution < 1.29 is 19.4 Å². The Morgan fingerprint density at radius 1 is 1.32 bits per heavy atom. The summed E-state index contributed by atoms with van der Waals surface area (Å²) in [4.78, 5) is 23.0. The van der Waals surface area contributed by atoms with E-state index in [-0.39, 0.29) is 18.4 Å². The molecule has 0 atom stereocenters. The van der Waals surface area contributed by atoms with Gasteiger partial charge in [0, 0.05) is 22.0 Å². The lowest BCUT2D eigenvalue weighted by Crippen LogP contribution is -2.43. The van der Waals surface area contributed by atoms with E-state index in [1.165, 1.54) is 0 Å². The smallest absolute Gasteiger partial charge is 0.303 e. The highest BCUT2D eigenvalue weighted by Gasteiger charge is 2.22. The minimum Gasteiger partial charge on any atom is -0.491 e. The van der Waals surface area contributed by atoms with E-state index in [0.29, 0.717) is 17.7 Å². The molecule has 6 heteroatoms. The largest absolute Gasteiger partial charge is 0.491 e. The minimum atomic E-state index is -0.877. The van der Waals surface area contributed by atoms with E-state index in [0.717, 1.165) is 4.47 Å². The molecule has 1 amide bonds. The van der Waals surface area contributed by atoms with Gasteiger partial charge in [-0.2, -0.15) is 0 Å². The zero-order valence-corrected chi connectivity index (χ0v) is 14.9. The monoisotopic (exact) mass is 371 g/mol. The lowest BCUT2D eigenvalue weighted by Gasteiger charge is -2.26. The van der Waals surface area contributed by atoms with Crippen LogP contribution in [-0.2, 0) is 4.79 Å². The predicted octanol–water partition coefficient (Wildman–Crippen LogP) is 3.61. The predicted molar refractivity (Wildman–Crippen MR) is 88.3 cm³/mol. The Morgan fingerprint density at radius 2 is 1.95 bits per heavy atom. The minimum absolute atomic E-state index is 0.00742. The maximum atomic E-state index is 12.4. The van der Waals surface area contributed by atoms with E-state index in [2.05, 4.69) is 21.2 Å². The van der Waals surface area contributed by atoms with Crippen LogP contribution in [0.25, 0.3) is 0 Å². The van der Waals surface area contributed by atoms with Crippen molar-refractivity contribution in [2.75, 3.05) is 0 Å². The third-order valence-corrected chi connectivity index (χ3v) is 3.38. The summed E-state index contributed by atoms with van der Waals surface area (Å²) in [6, 6.07) is 5.18. The van der Waals surface area contributed by atoms with Gasteiger partial charge in [-0.15, -0.1) is 0 Å². The number of aliphatic carboxylic acids is 1. The van der Waals surface area contributed by atoms with Gasteiger partial charge in [-0.1, -0.05) is 15.9 Å². The zero-order chi connectivity index (χ0) is 16.9. The molecule has 0 spiro atoms. The molecule has 2 N–H and O–H groups in total. The fourth-order valence-corrected chi connectivity index (χ4v) is 2.37. The van der Waals surface area contributed by atoms with E-state index in [1.54, 1.807) is 32.0 Å². The zero-order valence-electron chi connectivity index (χ0n) is 13.3. The molecule has 0 aliphatic heterocycles. The van der Waals surface area contributed by atoms with Crippen LogP contribution in [0.2, 0.25) is 0 Å². The Hall–Kier alpha value is -1.56. The molecule has 0 radical (unpaired) electrons. The van der Waals surface area contributed by atoms with Gasteiger partial charge in [-0.25, -0.2) is 0 Å². The molecule has 0 aliphatic rings. The average molecular weight is 372 g/mol. The van der Waals surface area contributed by atoms with Crippen LogP contribution in [0, 0.1) is 0 Å². The number of halogens is 1. The van der Waals surface area contributed by atoms with Crippen LogP contribution in [-0.4, -0.2) is 28.6 Å². The Bertz CT molecular complexity index is 555. The molecule has 0 aliphatic carbocycles. The number of hydrogen-bond donors (Lipinski definition) is 2. The molecule has 5 nitrogen and oxygen atoms in total. The van der Waals surface area contributed by atoms with Crippen LogP contribution in [0.5, 0.6) is 5.75 Å². The number of rotatable bonds is 7. The molecule has 22 heavy (non-hydrogen) atoms. The molecule has 0 unspecified atom stereocenters. The highest BCUT2D eigenvalue weighted by Crippen LogP contribution is 2.23. The average Bonchev–Trinajstić information content (AvgIpc) is 2.34. The van der Waals surface area contributed by atoms with Crippen molar-refractivity contribution in [3.63, 3.8) is 0 Å². The van der Waals surface area contributed by atoms with Gasteiger partial charge in [0.15, 0.2) is 0 Å². The Morgan fingerprint density at radius 3 is 2.50 bits per heavy atom. The molecule has 1 aromatic rings. The van der Waals surface area contributed by atoms with Gasteiger partial charge >= 0.3 is 5.97 Å². The second-order valence-electron chi connectivity index (χ2n) is 6.07. The number of carbonyl (C=O) groups is 2. The van der Waals surface area contributed by atoms with E-state index in [4.69, 9.17) is 9.84 Å². The number of benzene rings is 1. The van der Waals surface area contributed by atoms with Gasteiger partial charge in [0.25, 0.3) is 5.91 Å². The van der Waals surface area contributed by atoms with Crippen LogP contribution in [0.1, 0.15) is 50.9 Å². The molecule has 0 saturated carbocycles. The molecular weight excluding hydrogens is 350 g/mol. The molecule has 0 heterocycles. The second kappa shape index (κ2) is 7.63. The van der Waals surface area contributed by atoms with Gasteiger partial charge < -0.3 is 15.2 Å². The summed E-state index contributed by atoms with van der Waals surface area (Å²) in [6.45, 7) is 7.43. The fourth-order valence-electron chi connectivity index (χ4n) is 1.90. The van der Waals surface area contributed by atoms with E-state index < -0.39 is 11.5 Å². The SMILES string of the molecule is CC(C)Oc1cc(Br)cc(C(=O)NC(C)(C)CCC(=O)O)c1. The first-order valence-corrected chi connectivity index (χ1v) is 7.90. The van der Waals surface area contributed by atoms with Crippen LogP contribution < -0.4 is 10.1 Å². The van der Waals surface area contributed by atoms with Crippen molar-refractivity contribution in [3.8, 4) is 5.75 Å². The molecule has 0 bridgehead atoms. The van der Waals surface area contributed by atoms with E-state index in [1.807, 2.05) is 13.8 Å². The van der Waals surface area contributed by atoms with Crippen LogP contribution in [0.4, 0.5) is 0 Å². The Kier molecular flexibility index (Phi) is 6.41. The van der Waals surface area contributed by atoms with E-state index in [9.17, 15) is 9.59 Å². The first kappa shape index (κ1) is 18.5. The molecule has 0 fully saturated rings. The summed E-state index contributed by atoms with van der Waals surface area (Å²) < 4.78 is 6.36. The molecule has 1 rings (SSSR count). The normalized spacial score (nSPS) is 11.4. The number of carboxylic acids is 1. The molecular formula is C16H22BrNO4. The first-order chi connectivity index (χ1) is 10.1. The van der Waals surface area contributed by atoms with Crippen molar-refractivity contribution in [1.29, 1.82) is 0 Å². The summed E-state index contributed by atoms with van der Waals surface area (Å²) in [5.41, 5.74) is -0.134. The maximum Gasteiger partial charge on any atom is 0.303 e. The highest BCUT2D eigenvalue weighted by atomic mass is 79.9. The Balaban J connectivity index is 2.84. The maximum absolute atomic E-state index is 12.4. The molecule has 122 valence electrons. The highest BCUT2D eigenvalue weighted by molar-refractivity contribution is 9.10. The van der Waals surface area contributed by atoms with Gasteiger partial charge in [0.2, 0.25) is 0 Å². The van der Waals surface area contributed by atoms with Crippen molar-refractivity contribution in [2.24, 2.45) is 0 Å². The summed E-state index contributed by atoms with van der Waals surface area (Å²) in [5.74, 6) is -0.527. The van der Waals surface area contributed by atoms with Gasteiger partial charge in [0.1, 0.15) is 5.75 Å². The quantitative estimate of drug-likeness (QED) is 0.767. The standard InChI is InChI=1S/C16H22BrNO4/c1-10(2)22-13-8-11(7-12(17)9-13)15(21)18-16(3,4)6-5-14(19)20/h7-10H,5-6H2,1-4H3,(H,18,21)(H,19,20). The molecule has 0 aromatic heterocycles. The summed E-state index contributed by atoms with van der Waals surface area (Å²) >= 11 is 3.36. The summed E-state index contributed by atoms with van der Waals surface area (Å²) in [5, 5.41) is 11.6. The number of hydrogen-bond acceptors (Lipinski definition) is 3. The van der Waals surface area contributed by atoms with Crippen molar-refractivity contribution in [2.45, 2.75) is 52.2 Å². The van der Waals surface area contributed by atoms with Gasteiger partial charge in [-0.3, -0.25) is 9.59 Å². The van der Waals surface area contributed by atoms with Crippen LogP contribution >= 0.6 is 15.9 Å². The van der Waals surface area contributed by atoms with Crippen LogP contribution in [0.15, 0.2) is 22.7 Å². The number of nitrogens with one attached hydrogen (secondary N) is 1. The first-order valence-electron chi connectivity index (χ1n) is 7.10. The summed E-state index contributed by atoms with van der Waals surface area (Å²) in [7, 11) is 0. The van der Waals surface area contributed by atoms with Crippen LogP contribution in [0.3, 0.4) is 0 Å². The Labute approximate surface area is 139 Å². The van der Waals surface area contributed by atoms with Crippen molar-refractivity contribution in [3.05, 3.63) is 28.2 Å². The third kappa shape index (κ3) is 6.47. The van der Waals surface area contributed by atoms with E-state index >= 15 is 0 Å². The third-order valence-electron chi connectivity index (χ3n) is 2.92. The number of amides is 1. The molecule has 1 aromatic carbocycles. The van der Waals surface area contributed by atoms with Crippen molar-refractivity contribution >= 4 is 27.8 Å².